The number of benzene rings is 2. The highest BCUT2D eigenvalue weighted by atomic mass is 79.9. The SMILES string of the molecule is COC(=O)c1ccc(CNc2ccc(F)cc2Br)cc1. The molecule has 0 heterocycles. The van der Waals surface area contributed by atoms with Crippen molar-refractivity contribution < 1.29 is 13.9 Å². The average molecular weight is 338 g/mol. The molecular weight excluding hydrogens is 325 g/mol. The summed E-state index contributed by atoms with van der Waals surface area (Å²) in [6.45, 7) is 0.575. The van der Waals surface area contributed by atoms with Crippen LogP contribution in [0.4, 0.5) is 10.1 Å². The van der Waals surface area contributed by atoms with Crippen LogP contribution in [0.5, 0.6) is 0 Å². The zero-order valence-electron chi connectivity index (χ0n) is 10.8. The van der Waals surface area contributed by atoms with Crippen LogP contribution in [0, 0.1) is 5.82 Å². The van der Waals surface area contributed by atoms with E-state index in [-0.39, 0.29) is 11.8 Å². The van der Waals surface area contributed by atoms with E-state index in [1.54, 1.807) is 18.2 Å². The minimum atomic E-state index is -0.356. The minimum Gasteiger partial charge on any atom is -0.465 e. The lowest BCUT2D eigenvalue weighted by Crippen LogP contribution is -2.03. The molecule has 2 aromatic carbocycles. The maximum Gasteiger partial charge on any atom is 0.337 e. The topological polar surface area (TPSA) is 38.3 Å². The van der Waals surface area contributed by atoms with E-state index in [0.717, 1.165) is 11.3 Å². The Balaban J connectivity index is 2.02. The lowest BCUT2D eigenvalue weighted by Gasteiger charge is -2.09. The van der Waals surface area contributed by atoms with E-state index < -0.39 is 0 Å². The zero-order valence-corrected chi connectivity index (χ0v) is 12.4. The highest BCUT2D eigenvalue weighted by Gasteiger charge is 2.05. The first-order valence-corrected chi connectivity index (χ1v) is 6.75. The van der Waals surface area contributed by atoms with Gasteiger partial charge in [-0.25, -0.2) is 9.18 Å². The molecule has 0 saturated carbocycles. The Kier molecular flexibility index (Phi) is 4.74. The molecule has 0 bridgehead atoms. The highest BCUT2D eigenvalue weighted by molar-refractivity contribution is 9.10. The number of carbonyl (C=O) groups excluding carboxylic acids is 1. The number of halogens is 2. The standard InChI is InChI=1S/C15H13BrFNO2/c1-20-15(19)11-4-2-10(3-5-11)9-18-14-7-6-12(17)8-13(14)16/h2-8,18H,9H2,1H3. The summed E-state index contributed by atoms with van der Waals surface area (Å²) in [5.41, 5.74) is 2.33. The molecule has 20 heavy (non-hydrogen) atoms. The molecule has 0 fully saturated rings. The third-order valence-electron chi connectivity index (χ3n) is 2.79. The second-order valence-electron chi connectivity index (χ2n) is 4.17. The molecule has 0 amide bonds. The van der Waals surface area contributed by atoms with E-state index in [4.69, 9.17) is 0 Å². The summed E-state index contributed by atoms with van der Waals surface area (Å²) in [6.07, 6.45) is 0. The number of methoxy groups -OCH3 is 1. The van der Waals surface area contributed by atoms with Crippen LogP contribution in [-0.2, 0) is 11.3 Å². The van der Waals surface area contributed by atoms with E-state index in [0.29, 0.717) is 16.6 Å². The molecule has 0 aromatic heterocycles. The fraction of sp³-hybridized carbons (Fsp3) is 0.133. The number of hydrogen-bond acceptors (Lipinski definition) is 3. The van der Waals surface area contributed by atoms with E-state index in [1.165, 1.54) is 19.2 Å². The second kappa shape index (κ2) is 6.52. The van der Waals surface area contributed by atoms with Crippen LogP contribution < -0.4 is 5.32 Å². The van der Waals surface area contributed by atoms with Gasteiger partial charge in [-0.2, -0.15) is 0 Å². The molecule has 0 spiro atoms. The predicted molar refractivity (Wildman–Crippen MR) is 79.2 cm³/mol. The van der Waals surface area contributed by atoms with Crippen molar-refractivity contribution in [2.75, 3.05) is 12.4 Å². The molecule has 0 aliphatic rings. The largest absolute Gasteiger partial charge is 0.465 e. The summed E-state index contributed by atoms with van der Waals surface area (Å²) < 4.78 is 18.3. The maximum atomic E-state index is 13.0. The van der Waals surface area contributed by atoms with Crippen LogP contribution in [0.15, 0.2) is 46.9 Å². The number of rotatable bonds is 4. The summed E-state index contributed by atoms with van der Waals surface area (Å²) >= 11 is 3.30. The van der Waals surface area contributed by atoms with Crippen molar-refractivity contribution in [2.24, 2.45) is 0 Å². The Hall–Kier alpha value is -1.88. The van der Waals surface area contributed by atoms with Crippen molar-refractivity contribution in [1.82, 2.24) is 0 Å². The first-order valence-electron chi connectivity index (χ1n) is 5.96. The molecule has 0 saturated heterocycles. The molecule has 5 heteroatoms. The second-order valence-corrected chi connectivity index (χ2v) is 5.02. The van der Waals surface area contributed by atoms with Gasteiger partial charge in [0.25, 0.3) is 0 Å². The Morgan fingerprint density at radius 2 is 1.95 bits per heavy atom. The number of esters is 1. The molecule has 0 radical (unpaired) electrons. The van der Waals surface area contributed by atoms with Crippen LogP contribution in [0.3, 0.4) is 0 Å². The van der Waals surface area contributed by atoms with Crippen molar-refractivity contribution in [3.63, 3.8) is 0 Å². The van der Waals surface area contributed by atoms with Gasteiger partial charge in [-0.15, -0.1) is 0 Å². The highest BCUT2D eigenvalue weighted by Crippen LogP contribution is 2.23. The molecule has 0 aliphatic carbocycles. The van der Waals surface area contributed by atoms with Gasteiger partial charge in [0.05, 0.1) is 12.7 Å². The summed E-state index contributed by atoms with van der Waals surface area (Å²) in [6, 6.07) is 11.6. The van der Waals surface area contributed by atoms with Gasteiger partial charge in [-0.05, 0) is 51.8 Å². The Morgan fingerprint density at radius 1 is 1.25 bits per heavy atom. The van der Waals surface area contributed by atoms with Crippen molar-refractivity contribution in [3.05, 3.63) is 63.9 Å². The van der Waals surface area contributed by atoms with E-state index in [1.807, 2.05) is 12.1 Å². The Bertz CT molecular complexity index is 614. The van der Waals surface area contributed by atoms with Gasteiger partial charge in [0, 0.05) is 16.7 Å². The third-order valence-corrected chi connectivity index (χ3v) is 3.45. The van der Waals surface area contributed by atoms with Crippen molar-refractivity contribution in [3.8, 4) is 0 Å². The first-order chi connectivity index (χ1) is 9.60. The molecular formula is C15H13BrFNO2. The number of anilines is 1. The van der Waals surface area contributed by atoms with Crippen LogP contribution >= 0.6 is 15.9 Å². The van der Waals surface area contributed by atoms with Gasteiger partial charge < -0.3 is 10.1 Å². The van der Waals surface area contributed by atoms with Crippen molar-refractivity contribution in [1.29, 1.82) is 0 Å². The number of carbonyl (C=O) groups is 1. The zero-order chi connectivity index (χ0) is 14.5. The van der Waals surface area contributed by atoms with Gasteiger partial charge >= 0.3 is 5.97 Å². The number of nitrogens with one attached hydrogen (secondary N) is 1. The van der Waals surface area contributed by atoms with Crippen LogP contribution in [0.2, 0.25) is 0 Å². The van der Waals surface area contributed by atoms with Crippen LogP contribution in [0.1, 0.15) is 15.9 Å². The normalized spacial score (nSPS) is 10.2. The van der Waals surface area contributed by atoms with E-state index >= 15 is 0 Å². The summed E-state index contributed by atoms with van der Waals surface area (Å²) in [5, 5.41) is 3.19. The summed E-state index contributed by atoms with van der Waals surface area (Å²) in [5.74, 6) is -0.643. The van der Waals surface area contributed by atoms with E-state index in [9.17, 15) is 9.18 Å². The Morgan fingerprint density at radius 3 is 2.55 bits per heavy atom. The smallest absolute Gasteiger partial charge is 0.337 e. The van der Waals surface area contributed by atoms with Gasteiger partial charge in [-0.1, -0.05) is 12.1 Å². The van der Waals surface area contributed by atoms with Gasteiger partial charge in [0.15, 0.2) is 0 Å². The van der Waals surface area contributed by atoms with Gasteiger partial charge in [0.1, 0.15) is 5.82 Å². The molecule has 2 rings (SSSR count). The maximum absolute atomic E-state index is 13.0. The third kappa shape index (κ3) is 3.57. The number of ether oxygens (including phenoxy) is 1. The quantitative estimate of drug-likeness (QED) is 0.857. The van der Waals surface area contributed by atoms with E-state index in [2.05, 4.69) is 26.0 Å². The van der Waals surface area contributed by atoms with Crippen molar-refractivity contribution in [2.45, 2.75) is 6.54 Å². The summed E-state index contributed by atoms with van der Waals surface area (Å²) in [7, 11) is 1.35. The van der Waals surface area contributed by atoms with Gasteiger partial charge in [0.2, 0.25) is 0 Å². The van der Waals surface area contributed by atoms with Crippen molar-refractivity contribution >= 4 is 27.6 Å². The monoisotopic (exact) mass is 337 g/mol. The fourth-order valence-corrected chi connectivity index (χ4v) is 2.20. The summed E-state index contributed by atoms with van der Waals surface area (Å²) in [4.78, 5) is 11.3. The lowest BCUT2D eigenvalue weighted by molar-refractivity contribution is 0.0600. The molecule has 0 aliphatic heterocycles. The molecule has 0 atom stereocenters. The fourth-order valence-electron chi connectivity index (χ4n) is 1.71. The molecule has 2 aromatic rings. The lowest BCUT2D eigenvalue weighted by atomic mass is 10.1. The van der Waals surface area contributed by atoms with Crippen LogP contribution in [-0.4, -0.2) is 13.1 Å². The number of hydrogen-bond donors (Lipinski definition) is 1. The van der Waals surface area contributed by atoms with Crippen LogP contribution in [0.25, 0.3) is 0 Å². The minimum absolute atomic E-state index is 0.287. The predicted octanol–water partition coefficient (Wildman–Crippen LogP) is 3.99. The Labute approximate surface area is 124 Å². The molecule has 104 valence electrons. The molecule has 3 nitrogen and oxygen atoms in total. The first kappa shape index (κ1) is 14.5. The molecule has 1 N–H and O–H groups in total. The van der Waals surface area contributed by atoms with Gasteiger partial charge in [-0.3, -0.25) is 0 Å². The molecule has 0 unspecified atom stereocenters. The average Bonchev–Trinajstić information content (AvgIpc) is 2.46.